The van der Waals surface area contributed by atoms with Crippen LogP contribution in [0.15, 0.2) is 45.6 Å². The van der Waals surface area contributed by atoms with Crippen molar-refractivity contribution < 1.29 is 34.3 Å². The summed E-state index contributed by atoms with van der Waals surface area (Å²) in [5.41, 5.74) is 1.20. The maximum Gasteiger partial charge on any atom is 0.229 e. The lowest BCUT2D eigenvalue weighted by atomic mass is 9.99. The number of nitrogens with zero attached hydrogens (tertiary/aromatic N) is 1. The Balaban J connectivity index is 1.65. The minimum absolute atomic E-state index is 0.207. The van der Waals surface area contributed by atoms with Gasteiger partial charge in [-0.15, -0.1) is 0 Å². The van der Waals surface area contributed by atoms with Crippen LogP contribution in [0.5, 0.6) is 5.75 Å². The minimum Gasteiger partial charge on any atom is -0.462 e. The summed E-state index contributed by atoms with van der Waals surface area (Å²) in [6.07, 6.45) is -6.90. The topological polar surface area (TPSA) is 142 Å². The molecule has 0 aromatic heterocycles. The molecule has 2 aliphatic heterocycles. The van der Waals surface area contributed by atoms with Gasteiger partial charge in [-0.1, -0.05) is 0 Å². The fourth-order valence-electron chi connectivity index (χ4n) is 2.96. The van der Waals surface area contributed by atoms with Gasteiger partial charge in [-0.05, 0) is 24.3 Å². The predicted octanol–water partition coefficient (Wildman–Crippen LogP) is -0.529. The predicted molar refractivity (Wildman–Crippen MR) is 91.3 cm³/mol. The van der Waals surface area contributed by atoms with Crippen molar-refractivity contribution in [2.45, 2.75) is 30.7 Å². The monoisotopic (exact) mass is 375 g/mol. The molecule has 142 valence electrons. The van der Waals surface area contributed by atoms with Crippen LogP contribution in [0.4, 0.5) is 0 Å². The quantitative estimate of drug-likeness (QED) is 0.444. The Kier molecular flexibility index (Phi) is 4.54. The maximum absolute atomic E-state index is 11.5. The average molecular weight is 375 g/mol. The molecule has 4 rings (SSSR count). The van der Waals surface area contributed by atoms with E-state index in [1.807, 2.05) is 0 Å². The summed E-state index contributed by atoms with van der Waals surface area (Å²) in [6.45, 7) is -0.550. The highest BCUT2D eigenvalue weighted by atomic mass is 16.7. The van der Waals surface area contributed by atoms with Gasteiger partial charge in [0.05, 0.1) is 6.61 Å². The van der Waals surface area contributed by atoms with E-state index in [0.29, 0.717) is 22.6 Å². The lowest BCUT2D eigenvalue weighted by Crippen LogP contribution is -2.60. The molecule has 3 aliphatic rings. The number of hydrogen-bond acceptors (Lipinski definition) is 9. The van der Waals surface area contributed by atoms with Crippen molar-refractivity contribution in [3.05, 3.63) is 46.6 Å². The zero-order valence-corrected chi connectivity index (χ0v) is 13.9. The van der Waals surface area contributed by atoms with Gasteiger partial charge >= 0.3 is 0 Å². The van der Waals surface area contributed by atoms with Crippen LogP contribution in [-0.2, 0) is 4.74 Å². The Hall–Kier alpha value is -2.56. The van der Waals surface area contributed by atoms with Crippen LogP contribution >= 0.6 is 0 Å². The van der Waals surface area contributed by atoms with Gasteiger partial charge in [0.1, 0.15) is 41.4 Å². The molecule has 1 aromatic rings. The number of aliphatic hydroxyl groups is 4. The SMILES string of the molecule is O=c1ccc2nc3ccc(O[C@H]4O[C@@H](CO)[C@@H](O)[C@@H](O)[C@@H]4O)cc3oc-2c1. The molecule has 0 bridgehead atoms. The molecule has 9 heteroatoms. The third-order valence-corrected chi connectivity index (χ3v) is 4.42. The Morgan fingerprint density at radius 1 is 1.04 bits per heavy atom. The molecule has 1 fully saturated rings. The van der Waals surface area contributed by atoms with E-state index >= 15 is 0 Å². The fraction of sp³-hybridized carbons (Fsp3) is 0.333. The van der Waals surface area contributed by atoms with E-state index in [4.69, 9.17) is 13.9 Å². The van der Waals surface area contributed by atoms with E-state index in [-0.39, 0.29) is 11.2 Å². The summed E-state index contributed by atoms with van der Waals surface area (Å²) in [5.74, 6) is 0.565. The molecule has 1 aliphatic carbocycles. The van der Waals surface area contributed by atoms with Crippen LogP contribution in [0.2, 0.25) is 0 Å². The van der Waals surface area contributed by atoms with E-state index in [0.717, 1.165) is 0 Å². The van der Waals surface area contributed by atoms with Gasteiger partial charge in [-0.3, -0.25) is 4.79 Å². The zero-order valence-electron chi connectivity index (χ0n) is 13.9. The first-order valence-corrected chi connectivity index (χ1v) is 8.28. The van der Waals surface area contributed by atoms with Crippen molar-refractivity contribution in [1.29, 1.82) is 0 Å². The van der Waals surface area contributed by atoms with Gasteiger partial charge in [0.25, 0.3) is 0 Å². The van der Waals surface area contributed by atoms with E-state index in [1.165, 1.54) is 18.2 Å². The molecule has 2 heterocycles. The third kappa shape index (κ3) is 3.27. The molecule has 1 saturated heterocycles. The van der Waals surface area contributed by atoms with Gasteiger partial charge < -0.3 is 34.3 Å². The molecule has 0 saturated carbocycles. The van der Waals surface area contributed by atoms with Crippen LogP contribution < -0.4 is 10.2 Å². The molecule has 4 N–H and O–H groups in total. The van der Waals surface area contributed by atoms with Gasteiger partial charge in [0.2, 0.25) is 6.29 Å². The lowest BCUT2D eigenvalue weighted by molar-refractivity contribution is -0.277. The smallest absolute Gasteiger partial charge is 0.229 e. The van der Waals surface area contributed by atoms with Crippen molar-refractivity contribution in [3.8, 4) is 17.2 Å². The van der Waals surface area contributed by atoms with E-state index in [1.54, 1.807) is 18.2 Å². The third-order valence-electron chi connectivity index (χ3n) is 4.42. The Morgan fingerprint density at radius 3 is 2.63 bits per heavy atom. The molecule has 0 unspecified atom stereocenters. The van der Waals surface area contributed by atoms with Crippen molar-refractivity contribution in [1.82, 2.24) is 4.98 Å². The largest absolute Gasteiger partial charge is 0.462 e. The highest BCUT2D eigenvalue weighted by Gasteiger charge is 2.44. The van der Waals surface area contributed by atoms with Gasteiger partial charge in [0, 0.05) is 12.1 Å². The maximum atomic E-state index is 11.5. The Bertz CT molecular complexity index is 987. The first-order valence-electron chi connectivity index (χ1n) is 8.28. The van der Waals surface area contributed by atoms with E-state index in [2.05, 4.69) is 4.98 Å². The summed E-state index contributed by atoms with van der Waals surface area (Å²) in [6, 6.07) is 8.99. The molecule has 1 aromatic carbocycles. The summed E-state index contributed by atoms with van der Waals surface area (Å²) in [7, 11) is 0. The summed E-state index contributed by atoms with van der Waals surface area (Å²) < 4.78 is 16.6. The van der Waals surface area contributed by atoms with Crippen molar-refractivity contribution >= 4 is 11.1 Å². The molecule has 0 radical (unpaired) electrons. The normalized spacial score (nSPS) is 28.5. The van der Waals surface area contributed by atoms with Gasteiger partial charge in [0.15, 0.2) is 16.8 Å². The van der Waals surface area contributed by atoms with Crippen molar-refractivity contribution in [2.24, 2.45) is 0 Å². The van der Waals surface area contributed by atoms with Crippen molar-refractivity contribution in [2.75, 3.05) is 6.61 Å². The Morgan fingerprint density at radius 2 is 1.85 bits per heavy atom. The second kappa shape index (κ2) is 6.87. The highest BCUT2D eigenvalue weighted by Crippen LogP contribution is 2.29. The molecular weight excluding hydrogens is 358 g/mol. The molecule has 5 atom stereocenters. The molecular formula is C18H17NO8. The molecule has 0 amide bonds. The second-order valence-electron chi connectivity index (χ2n) is 6.29. The second-order valence-corrected chi connectivity index (χ2v) is 6.29. The molecule has 9 nitrogen and oxygen atoms in total. The van der Waals surface area contributed by atoms with Gasteiger partial charge in [-0.2, -0.15) is 0 Å². The van der Waals surface area contributed by atoms with Crippen LogP contribution in [0.1, 0.15) is 0 Å². The number of benzene rings is 2. The molecule has 27 heavy (non-hydrogen) atoms. The van der Waals surface area contributed by atoms with Gasteiger partial charge in [-0.25, -0.2) is 4.98 Å². The number of rotatable bonds is 3. The van der Waals surface area contributed by atoms with Crippen molar-refractivity contribution in [3.63, 3.8) is 0 Å². The number of ether oxygens (including phenoxy) is 2. The summed E-state index contributed by atoms with van der Waals surface area (Å²) >= 11 is 0. The minimum atomic E-state index is -1.54. The van der Waals surface area contributed by atoms with E-state index in [9.17, 15) is 25.2 Å². The first kappa shape index (κ1) is 17.8. The standard InChI is InChI=1S/C18H17NO8/c20-7-14-15(22)16(23)17(24)18(27-14)25-9-2-4-11-13(6-9)26-12-5-8(21)1-3-10(12)19-11/h1-6,14-18,20,22-24H,7H2/t14-,15+,16+,17-,18-/m0/s1. The number of aliphatic hydroxyl groups excluding tert-OH is 4. The molecule has 0 spiro atoms. The Labute approximate surface area is 152 Å². The zero-order chi connectivity index (χ0) is 19.1. The van der Waals surface area contributed by atoms with Crippen LogP contribution in [0.25, 0.3) is 22.6 Å². The highest BCUT2D eigenvalue weighted by molar-refractivity contribution is 5.77. The first-order chi connectivity index (χ1) is 13.0. The fourth-order valence-corrected chi connectivity index (χ4v) is 2.96. The van der Waals surface area contributed by atoms with Crippen LogP contribution in [0, 0.1) is 0 Å². The number of fused-ring (bicyclic) bond motifs is 2. The number of aromatic nitrogens is 1. The van der Waals surface area contributed by atoms with Crippen LogP contribution in [-0.4, -0.2) is 62.7 Å². The summed E-state index contributed by atoms with van der Waals surface area (Å²) in [4.78, 5) is 15.9. The lowest BCUT2D eigenvalue weighted by Gasteiger charge is -2.39. The average Bonchev–Trinajstić information content (AvgIpc) is 2.66. The summed E-state index contributed by atoms with van der Waals surface area (Å²) in [5, 5.41) is 38.9. The number of hydrogen-bond donors (Lipinski definition) is 4. The van der Waals surface area contributed by atoms with E-state index < -0.39 is 37.3 Å². The van der Waals surface area contributed by atoms with Crippen LogP contribution in [0.3, 0.4) is 0 Å².